The van der Waals surface area contributed by atoms with Gasteiger partial charge < -0.3 is 15.7 Å². The van der Waals surface area contributed by atoms with E-state index in [1.165, 1.54) is 0 Å². The van der Waals surface area contributed by atoms with E-state index in [-0.39, 0.29) is 12.6 Å². The molecule has 0 spiro atoms. The Morgan fingerprint density at radius 2 is 2.18 bits per heavy atom. The number of aryl methyl sites for hydroxylation is 1. The van der Waals surface area contributed by atoms with Crippen molar-refractivity contribution in [2.24, 2.45) is 0 Å². The van der Waals surface area contributed by atoms with Crippen LogP contribution < -0.4 is 10.6 Å². The molecule has 0 unspecified atom stereocenters. The molecule has 4 N–H and O–H groups in total. The molecule has 0 aliphatic rings. The summed E-state index contributed by atoms with van der Waals surface area (Å²) in [5.41, 5.74) is 0.992. The number of H-pyrrole nitrogens is 1. The predicted molar refractivity (Wildman–Crippen MR) is 84.5 cm³/mol. The van der Waals surface area contributed by atoms with Crippen molar-refractivity contribution in [3.8, 4) is 11.4 Å². The Hall–Kier alpha value is -2.41. The van der Waals surface area contributed by atoms with Crippen LogP contribution in [-0.2, 0) is 0 Å². The highest BCUT2D eigenvalue weighted by Crippen LogP contribution is 2.19. The highest BCUT2D eigenvalue weighted by Gasteiger charge is 2.19. The fraction of sp³-hybridized carbons (Fsp3) is 0.400. The number of carbonyl (C=O) groups excluding carboxylic acids is 1. The minimum atomic E-state index is -0.475. The van der Waals surface area contributed by atoms with E-state index in [2.05, 4.69) is 25.8 Å². The van der Waals surface area contributed by atoms with Gasteiger partial charge in [-0.3, -0.25) is 5.10 Å². The molecule has 22 heavy (non-hydrogen) atoms. The molecule has 2 amide bonds. The Labute approximate surface area is 129 Å². The Kier molecular flexibility index (Phi) is 4.77. The molecule has 2 rings (SSSR count). The third-order valence-electron chi connectivity index (χ3n) is 3.16. The van der Waals surface area contributed by atoms with Gasteiger partial charge in [-0.05, 0) is 39.3 Å². The molecule has 1 aromatic carbocycles. The van der Waals surface area contributed by atoms with Gasteiger partial charge in [0, 0.05) is 23.4 Å². The predicted octanol–water partition coefficient (Wildman–Crippen LogP) is 2.06. The summed E-state index contributed by atoms with van der Waals surface area (Å²) in [6.45, 7) is 5.56. The second-order valence-corrected chi connectivity index (χ2v) is 5.76. The van der Waals surface area contributed by atoms with Gasteiger partial charge in [0.2, 0.25) is 0 Å². The quantitative estimate of drug-likeness (QED) is 0.679. The zero-order valence-corrected chi connectivity index (χ0v) is 13.0. The van der Waals surface area contributed by atoms with Gasteiger partial charge >= 0.3 is 6.03 Å². The number of aromatic amines is 1. The highest BCUT2D eigenvalue weighted by atomic mass is 16.3. The fourth-order valence-electron chi connectivity index (χ4n) is 2.02. The summed E-state index contributed by atoms with van der Waals surface area (Å²) in [5, 5.41) is 21.5. The first-order valence-electron chi connectivity index (χ1n) is 7.09. The molecule has 0 aliphatic carbocycles. The Morgan fingerprint density at radius 1 is 1.41 bits per heavy atom. The molecule has 0 saturated carbocycles. The number of aliphatic hydroxyl groups excluding tert-OH is 1. The lowest BCUT2D eigenvalue weighted by molar-refractivity contribution is 0.218. The molecular weight excluding hydrogens is 282 g/mol. The lowest BCUT2D eigenvalue weighted by Gasteiger charge is -2.25. The Morgan fingerprint density at radius 3 is 2.82 bits per heavy atom. The van der Waals surface area contributed by atoms with E-state index < -0.39 is 5.54 Å². The zero-order chi connectivity index (χ0) is 16.2. The zero-order valence-electron chi connectivity index (χ0n) is 13.0. The van der Waals surface area contributed by atoms with Crippen LogP contribution in [0.3, 0.4) is 0 Å². The third kappa shape index (κ3) is 4.29. The maximum Gasteiger partial charge on any atom is 0.319 e. The maximum atomic E-state index is 12.0. The van der Waals surface area contributed by atoms with Crippen molar-refractivity contribution in [3.05, 3.63) is 30.1 Å². The van der Waals surface area contributed by atoms with Gasteiger partial charge in [-0.2, -0.15) is 5.10 Å². The number of benzene rings is 1. The van der Waals surface area contributed by atoms with Gasteiger partial charge in [-0.1, -0.05) is 12.1 Å². The van der Waals surface area contributed by atoms with Crippen LogP contribution in [0.1, 0.15) is 26.1 Å². The van der Waals surface area contributed by atoms with Crippen LogP contribution in [0.5, 0.6) is 0 Å². The lowest BCUT2D eigenvalue weighted by atomic mass is 10.0. The number of aromatic nitrogens is 3. The van der Waals surface area contributed by atoms with Crippen LogP contribution in [-0.4, -0.2) is 38.5 Å². The van der Waals surface area contributed by atoms with Crippen molar-refractivity contribution in [1.29, 1.82) is 0 Å². The van der Waals surface area contributed by atoms with Crippen molar-refractivity contribution in [2.45, 2.75) is 32.7 Å². The number of urea groups is 1. The average molecular weight is 303 g/mol. The first-order valence-corrected chi connectivity index (χ1v) is 7.09. The van der Waals surface area contributed by atoms with E-state index in [9.17, 15) is 4.79 Å². The van der Waals surface area contributed by atoms with Crippen LogP contribution in [0.4, 0.5) is 10.5 Å². The van der Waals surface area contributed by atoms with Crippen molar-refractivity contribution >= 4 is 11.7 Å². The van der Waals surface area contributed by atoms with Crippen molar-refractivity contribution in [3.63, 3.8) is 0 Å². The molecule has 1 aromatic heterocycles. The molecule has 2 aromatic rings. The first-order chi connectivity index (χ1) is 10.4. The summed E-state index contributed by atoms with van der Waals surface area (Å²) in [6, 6.07) is 6.99. The van der Waals surface area contributed by atoms with E-state index in [4.69, 9.17) is 5.11 Å². The summed E-state index contributed by atoms with van der Waals surface area (Å²) in [4.78, 5) is 16.3. The van der Waals surface area contributed by atoms with Crippen molar-refractivity contribution in [2.75, 3.05) is 11.9 Å². The van der Waals surface area contributed by atoms with Gasteiger partial charge in [-0.15, -0.1) is 0 Å². The normalized spacial score (nSPS) is 11.3. The van der Waals surface area contributed by atoms with E-state index in [0.717, 1.165) is 11.4 Å². The Bertz CT molecular complexity index is 651. The fourth-order valence-corrected chi connectivity index (χ4v) is 2.02. The number of nitrogens with one attached hydrogen (secondary N) is 3. The van der Waals surface area contributed by atoms with Gasteiger partial charge in [0.15, 0.2) is 5.82 Å². The summed E-state index contributed by atoms with van der Waals surface area (Å²) in [7, 11) is 0. The topological polar surface area (TPSA) is 103 Å². The lowest BCUT2D eigenvalue weighted by Crippen LogP contribution is -2.46. The summed E-state index contributed by atoms with van der Waals surface area (Å²) in [5.74, 6) is 1.32. The molecular formula is C15H21N5O2. The second kappa shape index (κ2) is 6.57. The standard InChI is InChI=1S/C15H21N5O2/c1-10-16-13(20-19-10)11-5-4-6-12(9-11)17-14(22)18-15(2,3)7-8-21/h4-6,9,21H,7-8H2,1-3H3,(H,16,19,20)(H2,17,18,22). The molecule has 7 nitrogen and oxygen atoms in total. The number of nitrogens with zero attached hydrogens (tertiary/aromatic N) is 2. The number of aliphatic hydroxyl groups is 1. The molecule has 0 saturated heterocycles. The van der Waals surface area contributed by atoms with Gasteiger partial charge in [-0.25, -0.2) is 9.78 Å². The Balaban J connectivity index is 2.06. The summed E-state index contributed by atoms with van der Waals surface area (Å²) >= 11 is 0. The molecule has 1 heterocycles. The summed E-state index contributed by atoms with van der Waals surface area (Å²) in [6.07, 6.45) is 0.483. The maximum absolute atomic E-state index is 12.0. The number of hydrogen-bond acceptors (Lipinski definition) is 4. The van der Waals surface area contributed by atoms with Crippen LogP contribution >= 0.6 is 0 Å². The van der Waals surface area contributed by atoms with E-state index in [0.29, 0.717) is 17.9 Å². The van der Waals surface area contributed by atoms with Crippen LogP contribution in [0.2, 0.25) is 0 Å². The number of rotatable bonds is 5. The minimum absolute atomic E-state index is 0.0208. The molecule has 7 heteroatoms. The minimum Gasteiger partial charge on any atom is -0.396 e. The van der Waals surface area contributed by atoms with E-state index >= 15 is 0 Å². The van der Waals surface area contributed by atoms with Crippen molar-refractivity contribution in [1.82, 2.24) is 20.5 Å². The van der Waals surface area contributed by atoms with Crippen LogP contribution in [0.15, 0.2) is 24.3 Å². The monoisotopic (exact) mass is 303 g/mol. The average Bonchev–Trinajstić information content (AvgIpc) is 2.84. The van der Waals surface area contributed by atoms with Gasteiger partial charge in [0.25, 0.3) is 0 Å². The smallest absolute Gasteiger partial charge is 0.319 e. The van der Waals surface area contributed by atoms with Crippen LogP contribution in [0, 0.1) is 6.92 Å². The summed E-state index contributed by atoms with van der Waals surface area (Å²) < 4.78 is 0. The third-order valence-corrected chi connectivity index (χ3v) is 3.16. The van der Waals surface area contributed by atoms with Gasteiger partial charge in [0.05, 0.1) is 0 Å². The van der Waals surface area contributed by atoms with E-state index in [1.54, 1.807) is 12.1 Å². The highest BCUT2D eigenvalue weighted by molar-refractivity contribution is 5.90. The van der Waals surface area contributed by atoms with Gasteiger partial charge in [0.1, 0.15) is 5.82 Å². The molecule has 0 atom stereocenters. The molecule has 0 aliphatic heterocycles. The number of carbonyl (C=O) groups is 1. The van der Waals surface area contributed by atoms with E-state index in [1.807, 2.05) is 32.9 Å². The first kappa shape index (κ1) is 16.0. The second-order valence-electron chi connectivity index (χ2n) is 5.76. The molecule has 0 bridgehead atoms. The van der Waals surface area contributed by atoms with Crippen LogP contribution in [0.25, 0.3) is 11.4 Å². The largest absolute Gasteiger partial charge is 0.396 e. The molecule has 118 valence electrons. The molecule has 0 fully saturated rings. The number of hydrogen-bond donors (Lipinski definition) is 4. The SMILES string of the molecule is Cc1nc(-c2cccc(NC(=O)NC(C)(C)CCO)c2)n[nH]1. The van der Waals surface area contributed by atoms with Crippen molar-refractivity contribution < 1.29 is 9.90 Å². The number of anilines is 1. The molecule has 0 radical (unpaired) electrons. The number of amides is 2.